The molecular formula is C23H34N6O3. The van der Waals surface area contributed by atoms with Gasteiger partial charge >= 0.3 is 0 Å². The highest BCUT2D eigenvalue weighted by Gasteiger charge is 2.30. The summed E-state index contributed by atoms with van der Waals surface area (Å²) in [5.74, 6) is 0.737. The Morgan fingerprint density at radius 1 is 1.16 bits per heavy atom. The molecule has 3 aliphatic rings. The van der Waals surface area contributed by atoms with Gasteiger partial charge in [0.15, 0.2) is 5.96 Å². The molecule has 1 atom stereocenters. The first-order chi connectivity index (χ1) is 15.6. The molecule has 3 fully saturated rings. The second kappa shape index (κ2) is 10.8. The first-order valence-corrected chi connectivity index (χ1v) is 11.6. The van der Waals surface area contributed by atoms with Crippen LogP contribution in [0.15, 0.2) is 29.3 Å². The Kier molecular flexibility index (Phi) is 7.59. The molecule has 32 heavy (non-hydrogen) atoms. The molecule has 1 unspecified atom stereocenters. The van der Waals surface area contributed by atoms with Crippen LogP contribution in [-0.4, -0.2) is 104 Å². The number of ether oxygens (including phenoxy) is 1. The number of guanidine groups is 1. The van der Waals surface area contributed by atoms with Crippen molar-refractivity contribution in [1.82, 2.24) is 25.3 Å². The van der Waals surface area contributed by atoms with Crippen molar-refractivity contribution in [2.45, 2.75) is 25.9 Å². The van der Waals surface area contributed by atoms with Crippen LogP contribution in [-0.2, 0) is 16.1 Å². The van der Waals surface area contributed by atoms with Crippen molar-refractivity contribution in [1.29, 1.82) is 0 Å². The zero-order chi connectivity index (χ0) is 22.3. The number of hydrogen-bond donors (Lipinski definition) is 2. The Hall–Kier alpha value is -2.65. The molecule has 3 heterocycles. The van der Waals surface area contributed by atoms with E-state index in [-0.39, 0.29) is 18.4 Å². The predicted octanol–water partition coefficient (Wildman–Crippen LogP) is 0.131. The first-order valence-electron chi connectivity index (χ1n) is 11.6. The average molecular weight is 443 g/mol. The lowest BCUT2D eigenvalue weighted by Crippen LogP contribution is -2.49. The fourth-order valence-corrected chi connectivity index (χ4v) is 4.51. The number of amides is 2. The van der Waals surface area contributed by atoms with Crippen LogP contribution in [0.3, 0.4) is 0 Å². The number of rotatable bonds is 5. The third-order valence-corrected chi connectivity index (χ3v) is 6.30. The monoisotopic (exact) mass is 442 g/mol. The van der Waals surface area contributed by atoms with Crippen LogP contribution >= 0.6 is 0 Å². The quantitative estimate of drug-likeness (QED) is 0.498. The van der Waals surface area contributed by atoms with Crippen molar-refractivity contribution in [3.63, 3.8) is 0 Å². The van der Waals surface area contributed by atoms with Crippen LogP contribution in [0.25, 0.3) is 0 Å². The number of hydrogen-bond acceptors (Lipinski definition) is 5. The average Bonchev–Trinajstić information content (AvgIpc) is 3.32. The molecule has 9 heteroatoms. The highest BCUT2D eigenvalue weighted by molar-refractivity contribution is 5.97. The van der Waals surface area contributed by atoms with Crippen LogP contribution in [0.1, 0.15) is 29.3 Å². The van der Waals surface area contributed by atoms with Crippen LogP contribution in [0, 0.1) is 0 Å². The summed E-state index contributed by atoms with van der Waals surface area (Å²) in [6.45, 7) is 10.3. The van der Waals surface area contributed by atoms with Crippen LogP contribution in [0.2, 0.25) is 0 Å². The first kappa shape index (κ1) is 22.5. The number of likely N-dealkylation sites (tertiary alicyclic amines) is 1. The Morgan fingerprint density at radius 3 is 2.66 bits per heavy atom. The maximum atomic E-state index is 12.6. The number of carbonyl (C=O) groups is 2. The van der Waals surface area contributed by atoms with Gasteiger partial charge in [-0.3, -0.25) is 14.5 Å². The molecule has 0 spiro atoms. The van der Waals surface area contributed by atoms with Crippen molar-refractivity contribution in [2.24, 2.45) is 4.99 Å². The van der Waals surface area contributed by atoms with Gasteiger partial charge in [0.25, 0.3) is 5.91 Å². The Labute approximate surface area is 189 Å². The van der Waals surface area contributed by atoms with Gasteiger partial charge in [-0.05, 0) is 31.0 Å². The predicted molar refractivity (Wildman–Crippen MR) is 123 cm³/mol. The van der Waals surface area contributed by atoms with Gasteiger partial charge in [-0.2, -0.15) is 0 Å². The van der Waals surface area contributed by atoms with Gasteiger partial charge in [-0.15, -0.1) is 0 Å². The third-order valence-electron chi connectivity index (χ3n) is 6.30. The fraction of sp³-hybridized carbons (Fsp3) is 0.609. The number of aliphatic imine (C=N–C) groups is 1. The molecule has 3 aliphatic heterocycles. The van der Waals surface area contributed by atoms with Crippen molar-refractivity contribution < 1.29 is 14.3 Å². The lowest BCUT2D eigenvalue weighted by atomic mass is 10.1. The summed E-state index contributed by atoms with van der Waals surface area (Å²) in [6, 6.07) is 8.12. The summed E-state index contributed by atoms with van der Waals surface area (Å²) >= 11 is 0. The molecule has 2 amide bonds. The van der Waals surface area contributed by atoms with E-state index in [1.165, 1.54) is 0 Å². The van der Waals surface area contributed by atoms with E-state index in [9.17, 15) is 9.59 Å². The summed E-state index contributed by atoms with van der Waals surface area (Å²) in [4.78, 5) is 35.5. The highest BCUT2D eigenvalue weighted by Crippen LogP contribution is 2.17. The van der Waals surface area contributed by atoms with Gasteiger partial charge in [-0.25, -0.2) is 4.99 Å². The van der Waals surface area contributed by atoms with E-state index >= 15 is 0 Å². The Bertz CT molecular complexity index is 822. The molecule has 4 rings (SSSR count). The van der Waals surface area contributed by atoms with Crippen LogP contribution in [0.4, 0.5) is 0 Å². The molecular weight excluding hydrogens is 408 g/mol. The summed E-state index contributed by atoms with van der Waals surface area (Å²) in [7, 11) is 0. The molecule has 3 saturated heterocycles. The Morgan fingerprint density at radius 2 is 1.94 bits per heavy atom. The van der Waals surface area contributed by atoms with Gasteiger partial charge in [-0.1, -0.05) is 12.1 Å². The van der Waals surface area contributed by atoms with Gasteiger partial charge in [0, 0.05) is 57.4 Å². The zero-order valence-electron chi connectivity index (χ0n) is 18.9. The maximum absolute atomic E-state index is 12.6. The smallest absolute Gasteiger partial charge is 0.254 e. The number of carbonyl (C=O) groups excluding carboxylic acids is 2. The largest absolute Gasteiger partial charge is 0.379 e. The van der Waals surface area contributed by atoms with E-state index in [0.29, 0.717) is 31.2 Å². The van der Waals surface area contributed by atoms with Crippen molar-refractivity contribution in [3.8, 4) is 0 Å². The molecule has 9 nitrogen and oxygen atoms in total. The number of piperazine rings is 1. The highest BCUT2D eigenvalue weighted by atomic mass is 16.5. The van der Waals surface area contributed by atoms with Gasteiger partial charge in [0.2, 0.25) is 5.91 Å². The van der Waals surface area contributed by atoms with E-state index in [1.807, 2.05) is 24.3 Å². The molecule has 0 radical (unpaired) electrons. The maximum Gasteiger partial charge on any atom is 0.254 e. The molecule has 0 saturated carbocycles. The number of benzene rings is 1. The number of morpholine rings is 1. The van der Waals surface area contributed by atoms with Gasteiger partial charge < -0.3 is 25.2 Å². The minimum Gasteiger partial charge on any atom is -0.379 e. The fourth-order valence-electron chi connectivity index (χ4n) is 4.51. The SMILES string of the molecule is CCNC(=NCc1ccc(C(=O)N2CCNC(=O)C2)cc1)N1CCC(N2CCOCC2)C1. The Balaban J connectivity index is 1.35. The number of nitrogens with zero attached hydrogens (tertiary/aromatic N) is 4. The summed E-state index contributed by atoms with van der Waals surface area (Å²) in [6.07, 6.45) is 1.15. The lowest BCUT2D eigenvalue weighted by molar-refractivity contribution is -0.123. The minimum atomic E-state index is -0.107. The van der Waals surface area contributed by atoms with E-state index < -0.39 is 0 Å². The molecule has 1 aromatic rings. The topological polar surface area (TPSA) is 89.5 Å². The van der Waals surface area contributed by atoms with E-state index in [4.69, 9.17) is 9.73 Å². The van der Waals surface area contributed by atoms with Crippen molar-refractivity contribution in [2.75, 3.05) is 65.6 Å². The van der Waals surface area contributed by atoms with Gasteiger partial charge in [0.1, 0.15) is 0 Å². The lowest BCUT2D eigenvalue weighted by Gasteiger charge is -2.32. The molecule has 0 bridgehead atoms. The van der Waals surface area contributed by atoms with Crippen molar-refractivity contribution >= 4 is 17.8 Å². The third kappa shape index (κ3) is 5.58. The van der Waals surface area contributed by atoms with E-state index in [2.05, 4.69) is 27.4 Å². The normalized spacial score (nSPS) is 22.7. The second-order valence-electron chi connectivity index (χ2n) is 8.48. The molecule has 0 aliphatic carbocycles. The minimum absolute atomic E-state index is 0.102. The second-order valence-corrected chi connectivity index (χ2v) is 8.48. The van der Waals surface area contributed by atoms with Crippen molar-refractivity contribution in [3.05, 3.63) is 35.4 Å². The molecule has 174 valence electrons. The summed E-state index contributed by atoms with van der Waals surface area (Å²) in [5, 5.41) is 6.17. The molecule has 0 aromatic heterocycles. The van der Waals surface area contributed by atoms with E-state index in [0.717, 1.165) is 63.9 Å². The van der Waals surface area contributed by atoms with Crippen LogP contribution in [0.5, 0.6) is 0 Å². The summed E-state index contributed by atoms with van der Waals surface area (Å²) < 4.78 is 5.49. The van der Waals surface area contributed by atoms with Gasteiger partial charge in [0.05, 0.1) is 26.3 Å². The number of nitrogens with one attached hydrogen (secondary N) is 2. The van der Waals surface area contributed by atoms with E-state index in [1.54, 1.807) is 4.90 Å². The molecule has 1 aromatic carbocycles. The van der Waals surface area contributed by atoms with Crippen LogP contribution < -0.4 is 10.6 Å². The molecule has 2 N–H and O–H groups in total. The standard InChI is InChI=1S/C23H34N6O3/c1-2-24-23(29-9-7-20(16-29)27-11-13-32-14-12-27)26-15-18-3-5-19(6-4-18)22(31)28-10-8-25-21(30)17-28/h3-6,20H,2,7-17H2,1H3,(H,24,26)(H,25,30). The zero-order valence-corrected chi connectivity index (χ0v) is 18.9. The summed E-state index contributed by atoms with van der Waals surface area (Å²) in [5.41, 5.74) is 1.66.